The number of aryl methyl sites for hydroxylation is 1. The van der Waals surface area contributed by atoms with Crippen LogP contribution in [0.5, 0.6) is 0 Å². The lowest BCUT2D eigenvalue weighted by Gasteiger charge is -2.38. The Morgan fingerprint density at radius 3 is 2.58 bits per heavy atom. The van der Waals surface area contributed by atoms with Gasteiger partial charge in [-0.1, -0.05) is 43.9 Å². The van der Waals surface area contributed by atoms with Crippen molar-refractivity contribution in [3.05, 3.63) is 58.6 Å². The third-order valence-corrected chi connectivity index (χ3v) is 6.39. The van der Waals surface area contributed by atoms with E-state index in [-0.39, 0.29) is 10.6 Å². The van der Waals surface area contributed by atoms with Gasteiger partial charge in [-0.05, 0) is 62.3 Å². The van der Waals surface area contributed by atoms with Gasteiger partial charge in [0.05, 0.1) is 10.6 Å². The maximum atomic E-state index is 12.3. The molecular weight excluding hydrogens is 425 g/mol. The highest BCUT2D eigenvalue weighted by Crippen LogP contribution is 2.44. The van der Waals surface area contributed by atoms with Crippen LogP contribution in [-0.2, 0) is 17.3 Å². The minimum Gasteiger partial charge on any atom is -0.375 e. The molecule has 1 aliphatic heterocycles. The van der Waals surface area contributed by atoms with Crippen LogP contribution in [0, 0.1) is 0 Å². The molecule has 0 amide bonds. The van der Waals surface area contributed by atoms with Crippen LogP contribution in [0.2, 0.25) is 5.02 Å². The maximum absolute atomic E-state index is 12.3. The van der Waals surface area contributed by atoms with Crippen molar-refractivity contribution in [1.82, 2.24) is 9.97 Å². The molecule has 1 saturated heterocycles. The molecule has 3 heterocycles. The average Bonchev–Trinajstić information content (AvgIpc) is 3.20. The van der Waals surface area contributed by atoms with Gasteiger partial charge in [0.2, 0.25) is 0 Å². The average molecular weight is 455 g/mol. The summed E-state index contributed by atoms with van der Waals surface area (Å²) < 4.78 is 42.9. The van der Waals surface area contributed by atoms with Crippen LogP contribution in [0.15, 0.2) is 36.7 Å². The van der Waals surface area contributed by atoms with Crippen molar-refractivity contribution in [2.24, 2.45) is 0 Å². The van der Waals surface area contributed by atoms with Crippen molar-refractivity contribution >= 4 is 11.6 Å². The van der Waals surface area contributed by atoms with Gasteiger partial charge in [-0.2, -0.15) is 13.2 Å². The van der Waals surface area contributed by atoms with E-state index in [4.69, 9.17) is 16.3 Å². The minimum atomic E-state index is -4.47. The van der Waals surface area contributed by atoms with E-state index in [9.17, 15) is 13.2 Å². The third-order valence-electron chi connectivity index (χ3n) is 6.10. The highest BCUT2D eigenvalue weighted by atomic mass is 35.5. The fourth-order valence-electron chi connectivity index (χ4n) is 4.47. The van der Waals surface area contributed by atoms with E-state index >= 15 is 0 Å². The molecule has 0 radical (unpaired) electrons. The summed E-state index contributed by atoms with van der Waals surface area (Å²) in [6, 6.07) is 7.60. The molecule has 0 bridgehead atoms. The van der Waals surface area contributed by atoms with E-state index in [0.717, 1.165) is 31.4 Å². The molecule has 1 saturated carbocycles. The number of alkyl halides is 3. The van der Waals surface area contributed by atoms with E-state index < -0.39 is 11.9 Å². The Morgan fingerprint density at radius 1 is 1.19 bits per heavy atom. The standard InChI is InChI=1S/C14H19NO.C10H11ClF3N/c1-4-9-15-13(5-1)12-6-10-16-14(11-12)7-2-3-8-14;1-2-3-4-7-5-8(11)9(15-6-7)10(12,13)14/h1,4-5,9,12H,2-3,6-8,10-11H2;5-6H,2-4H2,1H3/t12-;/m1./s1. The summed E-state index contributed by atoms with van der Waals surface area (Å²) in [6.45, 7) is 2.93. The van der Waals surface area contributed by atoms with Gasteiger partial charge >= 0.3 is 6.18 Å². The van der Waals surface area contributed by atoms with Gasteiger partial charge in [0.1, 0.15) is 0 Å². The van der Waals surface area contributed by atoms with E-state index in [1.54, 1.807) is 0 Å². The molecule has 31 heavy (non-hydrogen) atoms. The number of nitrogens with zero attached hydrogens (tertiary/aromatic N) is 2. The lowest BCUT2D eigenvalue weighted by atomic mass is 9.83. The molecule has 0 unspecified atom stereocenters. The summed E-state index contributed by atoms with van der Waals surface area (Å²) in [6.07, 6.45) is 8.82. The van der Waals surface area contributed by atoms with Gasteiger partial charge < -0.3 is 4.74 Å². The normalized spacial score (nSPS) is 20.4. The summed E-state index contributed by atoms with van der Waals surface area (Å²) in [5.74, 6) is 0.619. The van der Waals surface area contributed by atoms with Crippen molar-refractivity contribution in [3.8, 4) is 0 Å². The van der Waals surface area contributed by atoms with Crippen molar-refractivity contribution in [2.45, 2.75) is 82.4 Å². The fraction of sp³-hybridized carbons (Fsp3) is 0.583. The zero-order chi connectivity index (χ0) is 22.3. The Morgan fingerprint density at radius 2 is 1.97 bits per heavy atom. The number of pyridine rings is 2. The van der Waals surface area contributed by atoms with Crippen LogP contribution in [0.3, 0.4) is 0 Å². The summed E-state index contributed by atoms with van der Waals surface area (Å²) in [5.41, 5.74) is 1.21. The van der Waals surface area contributed by atoms with Gasteiger partial charge in [0.15, 0.2) is 5.69 Å². The zero-order valence-corrected chi connectivity index (χ0v) is 18.7. The van der Waals surface area contributed by atoms with Gasteiger partial charge in [-0.25, -0.2) is 0 Å². The summed E-state index contributed by atoms with van der Waals surface area (Å²) >= 11 is 5.51. The third kappa shape index (κ3) is 6.66. The minimum absolute atomic E-state index is 0.209. The first kappa shape index (κ1) is 24.0. The molecule has 7 heteroatoms. The molecule has 1 atom stereocenters. The Labute approximate surface area is 187 Å². The lowest BCUT2D eigenvalue weighted by molar-refractivity contribution is -0.141. The summed E-state index contributed by atoms with van der Waals surface area (Å²) in [7, 11) is 0. The molecule has 2 fully saturated rings. The molecule has 3 nitrogen and oxygen atoms in total. The second-order valence-corrected chi connectivity index (χ2v) is 8.87. The lowest BCUT2D eigenvalue weighted by Crippen LogP contribution is -2.36. The molecule has 1 spiro atoms. The Balaban J connectivity index is 0.000000176. The predicted octanol–water partition coefficient (Wildman–Crippen LogP) is 7.38. The van der Waals surface area contributed by atoms with E-state index in [0.29, 0.717) is 12.3 Å². The van der Waals surface area contributed by atoms with Crippen molar-refractivity contribution < 1.29 is 17.9 Å². The smallest absolute Gasteiger partial charge is 0.375 e. The van der Waals surface area contributed by atoms with E-state index in [1.807, 2.05) is 19.2 Å². The number of hydrogen-bond acceptors (Lipinski definition) is 3. The number of hydrogen-bond donors (Lipinski definition) is 0. The van der Waals surface area contributed by atoms with Gasteiger partial charge in [0, 0.05) is 30.6 Å². The van der Waals surface area contributed by atoms with Crippen LogP contribution < -0.4 is 0 Å². The Hall–Kier alpha value is -1.66. The number of ether oxygens (including phenoxy) is 1. The molecule has 2 aromatic rings. The van der Waals surface area contributed by atoms with E-state index in [1.165, 1.54) is 50.1 Å². The van der Waals surface area contributed by atoms with Crippen LogP contribution in [0.1, 0.15) is 81.2 Å². The Bertz CT molecular complexity index is 823. The second kappa shape index (κ2) is 10.8. The molecule has 0 N–H and O–H groups in total. The van der Waals surface area contributed by atoms with Gasteiger partial charge in [-0.15, -0.1) is 0 Å². The predicted molar refractivity (Wildman–Crippen MR) is 116 cm³/mol. The largest absolute Gasteiger partial charge is 0.434 e. The summed E-state index contributed by atoms with van der Waals surface area (Å²) in [4.78, 5) is 7.85. The molecule has 2 aliphatic rings. The summed E-state index contributed by atoms with van der Waals surface area (Å²) in [5, 5.41) is -0.323. The van der Waals surface area contributed by atoms with Crippen LogP contribution in [0.25, 0.3) is 0 Å². The van der Waals surface area contributed by atoms with Crippen LogP contribution in [0.4, 0.5) is 13.2 Å². The Kier molecular flexibility index (Phi) is 8.34. The second-order valence-electron chi connectivity index (χ2n) is 8.46. The van der Waals surface area contributed by atoms with Gasteiger partial charge in [0.25, 0.3) is 0 Å². The molecular formula is C24H30ClF3N2O. The van der Waals surface area contributed by atoms with Crippen molar-refractivity contribution in [2.75, 3.05) is 6.61 Å². The molecule has 170 valence electrons. The first-order valence-electron chi connectivity index (χ1n) is 11.1. The van der Waals surface area contributed by atoms with E-state index in [2.05, 4.69) is 22.1 Å². The number of unbranched alkanes of at least 4 members (excludes halogenated alkanes) is 1. The van der Waals surface area contributed by atoms with Crippen molar-refractivity contribution in [3.63, 3.8) is 0 Å². The highest BCUT2D eigenvalue weighted by molar-refractivity contribution is 6.31. The number of rotatable bonds is 4. The quantitative estimate of drug-likeness (QED) is 0.483. The molecule has 4 rings (SSSR count). The number of halogens is 4. The maximum Gasteiger partial charge on any atom is 0.434 e. The van der Waals surface area contributed by atoms with Crippen molar-refractivity contribution in [1.29, 1.82) is 0 Å². The first-order valence-corrected chi connectivity index (χ1v) is 11.5. The van der Waals surface area contributed by atoms with Crippen LogP contribution in [-0.4, -0.2) is 22.2 Å². The number of aromatic nitrogens is 2. The fourth-order valence-corrected chi connectivity index (χ4v) is 4.77. The van der Waals surface area contributed by atoms with Crippen LogP contribution >= 0.6 is 11.6 Å². The molecule has 1 aliphatic carbocycles. The topological polar surface area (TPSA) is 35.0 Å². The first-order chi connectivity index (χ1) is 14.8. The zero-order valence-electron chi connectivity index (χ0n) is 17.9. The SMILES string of the molecule is CCCCc1cnc(C(F)(F)F)c(Cl)c1.c1ccc([C@@H]2CCOC3(CCCC3)C2)nc1. The molecule has 2 aromatic heterocycles. The highest BCUT2D eigenvalue weighted by Gasteiger charge is 2.40. The van der Waals surface area contributed by atoms with Gasteiger partial charge in [-0.3, -0.25) is 9.97 Å². The molecule has 0 aromatic carbocycles. The monoisotopic (exact) mass is 454 g/mol.